The molecule has 0 aliphatic heterocycles. The van der Waals surface area contributed by atoms with Gasteiger partial charge >= 0.3 is 0 Å². The Bertz CT molecular complexity index is 287. The van der Waals surface area contributed by atoms with E-state index in [1.807, 2.05) is 6.92 Å². The van der Waals surface area contributed by atoms with Crippen LogP contribution in [0.15, 0.2) is 6.33 Å². The number of hydrogen-bond acceptors (Lipinski definition) is 4. The molecule has 0 saturated carbocycles. The van der Waals surface area contributed by atoms with Crippen LogP contribution >= 0.6 is 0 Å². The standard InChI is InChI=1S/C10H18N4O2/c1-2-16-7-5-10(15)11-6-3-4-9-12-8-13-14-9/h8H,2-7H2,1H3,(H,11,15)(H,12,13,14). The molecular weight excluding hydrogens is 208 g/mol. The number of aryl methyl sites for hydroxylation is 1. The van der Waals surface area contributed by atoms with Gasteiger partial charge in [0.25, 0.3) is 0 Å². The van der Waals surface area contributed by atoms with Crippen molar-refractivity contribution in [3.8, 4) is 0 Å². The van der Waals surface area contributed by atoms with Gasteiger partial charge in [-0.3, -0.25) is 9.89 Å². The van der Waals surface area contributed by atoms with Crippen molar-refractivity contribution >= 4 is 5.91 Å². The van der Waals surface area contributed by atoms with Crippen LogP contribution in [-0.2, 0) is 16.0 Å². The van der Waals surface area contributed by atoms with Gasteiger partial charge in [0, 0.05) is 26.0 Å². The van der Waals surface area contributed by atoms with E-state index in [9.17, 15) is 4.79 Å². The summed E-state index contributed by atoms with van der Waals surface area (Å²) in [5.41, 5.74) is 0. The van der Waals surface area contributed by atoms with Gasteiger partial charge in [-0.05, 0) is 13.3 Å². The molecule has 0 radical (unpaired) electrons. The van der Waals surface area contributed by atoms with Gasteiger partial charge < -0.3 is 10.1 Å². The summed E-state index contributed by atoms with van der Waals surface area (Å²) in [6.07, 6.45) is 3.56. The van der Waals surface area contributed by atoms with Gasteiger partial charge in [0.15, 0.2) is 0 Å². The largest absolute Gasteiger partial charge is 0.381 e. The Labute approximate surface area is 94.8 Å². The maximum atomic E-state index is 11.3. The van der Waals surface area contributed by atoms with E-state index in [4.69, 9.17) is 4.74 Å². The lowest BCUT2D eigenvalue weighted by molar-refractivity contribution is -0.122. The summed E-state index contributed by atoms with van der Waals surface area (Å²) in [4.78, 5) is 15.2. The number of rotatable bonds is 8. The first-order chi connectivity index (χ1) is 7.83. The van der Waals surface area contributed by atoms with E-state index < -0.39 is 0 Å². The highest BCUT2D eigenvalue weighted by atomic mass is 16.5. The van der Waals surface area contributed by atoms with Gasteiger partial charge in [-0.15, -0.1) is 0 Å². The molecule has 1 amide bonds. The molecule has 0 atom stereocenters. The molecule has 0 aromatic carbocycles. The number of nitrogens with one attached hydrogen (secondary N) is 2. The molecule has 16 heavy (non-hydrogen) atoms. The van der Waals surface area contributed by atoms with E-state index in [1.54, 1.807) is 0 Å². The Hall–Kier alpha value is -1.43. The minimum absolute atomic E-state index is 0.0334. The van der Waals surface area contributed by atoms with Crippen molar-refractivity contribution in [1.82, 2.24) is 20.5 Å². The van der Waals surface area contributed by atoms with E-state index in [1.165, 1.54) is 6.33 Å². The molecule has 1 aromatic rings. The lowest BCUT2D eigenvalue weighted by atomic mass is 10.3. The number of hydrogen-bond donors (Lipinski definition) is 2. The molecule has 6 heteroatoms. The predicted octanol–water partition coefficient (Wildman–Crippen LogP) is 0.280. The van der Waals surface area contributed by atoms with Crippen LogP contribution in [0.5, 0.6) is 0 Å². The topological polar surface area (TPSA) is 79.9 Å². The summed E-state index contributed by atoms with van der Waals surface area (Å²) < 4.78 is 5.09. The molecule has 1 aromatic heterocycles. The third-order valence-corrected chi connectivity index (χ3v) is 2.06. The monoisotopic (exact) mass is 226 g/mol. The first kappa shape index (κ1) is 12.6. The SMILES string of the molecule is CCOCCC(=O)NCCCc1ncn[nH]1. The van der Waals surface area contributed by atoms with Crippen LogP contribution in [0.4, 0.5) is 0 Å². The second kappa shape index (κ2) is 7.81. The van der Waals surface area contributed by atoms with E-state index in [0.29, 0.717) is 26.2 Å². The molecule has 1 rings (SSSR count). The van der Waals surface area contributed by atoms with Gasteiger partial charge in [0.2, 0.25) is 5.91 Å². The molecule has 1 heterocycles. The third kappa shape index (κ3) is 5.45. The minimum atomic E-state index is 0.0334. The lowest BCUT2D eigenvalue weighted by Crippen LogP contribution is -2.25. The molecule has 0 unspecified atom stereocenters. The third-order valence-electron chi connectivity index (χ3n) is 2.06. The molecule has 0 aliphatic carbocycles. The van der Waals surface area contributed by atoms with Crippen molar-refractivity contribution in [2.24, 2.45) is 0 Å². The second-order valence-corrected chi connectivity index (χ2v) is 3.33. The van der Waals surface area contributed by atoms with Crippen LogP contribution < -0.4 is 5.32 Å². The maximum absolute atomic E-state index is 11.3. The van der Waals surface area contributed by atoms with Crippen molar-refractivity contribution in [3.63, 3.8) is 0 Å². The number of carbonyl (C=O) groups excluding carboxylic acids is 1. The van der Waals surface area contributed by atoms with Crippen molar-refractivity contribution in [2.75, 3.05) is 19.8 Å². The summed E-state index contributed by atoms with van der Waals surface area (Å²) in [6, 6.07) is 0. The summed E-state index contributed by atoms with van der Waals surface area (Å²) in [7, 11) is 0. The normalized spacial score (nSPS) is 10.3. The molecule has 0 bridgehead atoms. The summed E-state index contributed by atoms with van der Waals surface area (Å²) in [6.45, 7) is 3.71. The fourth-order valence-corrected chi connectivity index (χ4v) is 1.23. The number of nitrogens with zero attached hydrogens (tertiary/aromatic N) is 2. The van der Waals surface area contributed by atoms with Gasteiger partial charge in [-0.1, -0.05) is 0 Å². The molecule has 0 aliphatic rings. The summed E-state index contributed by atoms with van der Waals surface area (Å²) in [5, 5.41) is 9.34. The van der Waals surface area contributed by atoms with Crippen LogP contribution in [-0.4, -0.2) is 40.8 Å². The van der Waals surface area contributed by atoms with E-state index in [2.05, 4.69) is 20.5 Å². The molecule has 0 fully saturated rings. The smallest absolute Gasteiger partial charge is 0.222 e. The molecule has 0 spiro atoms. The summed E-state index contributed by atoms with van der Waals surface area (Å²) >= 11 is 0. The Morgan fingerprint density at radius 1 is 1.62 bits per heavy atom. The zero-order valence-corrected chi connectivity index (χ0v) is 9.53. The lowest BCUT2D eigenvalue weighted by Gasteiger charge is -2.04. The van der Waals surface area contributed by atoms with Crippen molar-refractivity contribution < 1.29 is 9.53 Å². The quantitative estimate of drug-likeness (QED) is 0.624. The van der Waals surface area contributed by atoms with Gasteiger partial charge in [0.05, 0.1) is 6.61 Å². The zero-order chi connectivity index (χ0) is 11.6. The molecule has 0 saturated heterocycles. The second-order valence-electron chi connectivity index (χ2n) is 3.33. The highest BCUT2D eigenvalue weighted by Crippen LogP contribution is 1.92. The average Bonchev–Trinajstić information content (AvgIpc) is 2.78. The zero-order valence-electron chi connectivity index (χ0n) is 9.53. The Kier molecular flexibility index (Phi) is 6.17. The first-order valence-corrected chi connectivity index (χ1v) is 5.51. The average molecular weight is 226 g/mol. The van der Waals surface area contributed by atoms with Crippen LogP contribution in [0.3, 0.4) is 0 Å². The predicted molar refractivity (Wildman–Crippen MR) is 58.8 cm³/mol. The van der Waals surface area contributed by atoms with Crippen LogP contribution in [0.25, 0.3) is 0 Å². The number of H-pyrrole nitrogens is 1. The highest BCUT2D eigenvalue weighted by Gasteiger charge is 2.00. The Morgan fingerprint density at radius 2 is 2.50 bits per heavy atom. The fourth-order valence-electron chi connectivity index (χ4n) is 1.23. The van der Waals surface area contributed by atoms with E-state index in [0.717, 1.165) is 18.7 Å². The number of aromatic nitrogens is 3. The maximum Gasteiger partial charge on any atom is 0.222 e. The Morgan fingerprint density at radius 3 is 3.19 bits per heavy atom. The van der Waals surface area contributed by atoms with Crippen molar-refractivity contribution in [3.05, 3.63) is 12.2 Å². The van der Waals surface area contributed by atoms with Crippen molar-refractivity contribution in [2.45, 2.75) is 26.2 Å². The van der Waals surface area contributed by atoms with Gasteiger partial charge in [0.1, 0.15) is 12.2 Å². The number of carbonyl (C=O) groups is 1. The highest BCUT2D eigenvalue weighted by molar-refractivity contribution is 5.75. The number of aromatic amines is 1. The minimum Gasteiger partial charge on any atom is -0.381 e. The first-order valence-electron chi connectivity index (χ1n) is 5.51. The van der Waals surface area contributed by atoms with Gasteiger partial charge in [-0.2, -0.15) is 5.10 Å². The van der Waals surface area contributed by atoms with Crippen LogP contribution in [0.1, 0.15) is 25.6 Å². The number of amides is 1. The number of ether oxygens (including phenoxy) is 1. The van der Waals surface area contributed by atoms with Crippen LogP contribution in [0, 0.1) is 0 Å². The van der Waals surface area contributed by atoms with Crippen LogP contribution in [0.2, 0.25) is 0 Å². The molecule has 2 N–H and O–H groups in total. The summed E-state index contributed by atoms with van der Waals surface area (Å²) in [5.74, 6) is 0.884. The van der Waals surface area contributed by atoms with Crippen molar-refractivity contribution in [1.29, 1.82) is 0 Å². The molecule has 6 nitrogen and oxygen atoms in total. The van der Waals surface area contributed by atoms with E-state index in [-0.39, 0.29) is 5.91 Å². The molecular formula is C10H18N4O2. The van der Waals surface area contributed by atoms with E-state index >= 15 is 0 Å². The van der Waals surface area contributed by atoms with Gasteiger partial charge in [-0.25, -0.2) is 4.98 Å². The molecule has 90 valence electrons. The Balaban J connectivity index is 1.96. The fraction of sp³-hybridized carbons (Fsp3) is 0.700.